The number of ether oxygens (including phenoxy) is 1. The quantitative estimate of drug-likeness (QED) is 0.785. The van der Waals surface area contributed by atoms with Crippen molar-refractivity contribution in [2.45, 2.75) is 26.0 Å². The van der Waals surface area contributed by atoms with Gasteiger partial charge in [0.2, 0.25) is 0 Å². The highest BCUT2D eigenvalue weighted by Gasteiger charge is 2.40. The Bertz CT molecular complexity index is 430. The van der Waals surface area contributed by atoms with Gasteiger partial charge in [-0.25, -0.2) is 4.79 Å². The van der Waals surface area contributed by atoms with Crippen LogP contribution in [0.2, 0.25) is 0 Å². The van der Waals surface area contributed by atoms with Gasteiger partial charge >= 0.3 is 5.97 Å². The first kappa shape index (κ1) is 11.6. The van der Waals surface area contributed by atoms with Crippen LogP contribution in [0.25, 0.3) is 0 Å². The molecule has 1 saturated heterocycles. The highest BCUT2D eigenvalue weighted by atomic mass is 16.6. The summed E-state index contributed by atoms with van der Waals surface area (Å²) in [6, 6.07) is 8.29. The summed E-state index contributed by atoms with van der Waals surface area (Å²) < 4.78 is 5.07. The van der Waals surface area contributed by atoms with Crippen LogP contribution in [-0.4, -0.2) is 24.0 Å². The number of hydrogen-bond donors (Lipinski definition) is 1. The third kappa shape index (κ3) is 2.30. The molecular weight excluding hydrogens is 218 g/mol. The Balaban J connectivity index is 2.07. The summed E-state index contributed by atoms with van der Waals surface area (Å²) in [6.07, 6.45) is -0.149. The maximum Gasteiger partial charge on any atom is 0.329 e. The third-order valence-electron chi connectivity index (χ3n) is 3.14. The average Bonchev–Trinajstić information content (AvgIpc) is 2.57. The largest absolute Gasteiger partial charge is 0.461 e. The molecule has 1 heterocycles. The van der Waals surface area contributed by atoms with Crippen molar-refractivity contribution in [3.63, 3.8) is 0 Å². The molecule has 1 N–H and O–H groups in total. The fraction of sp³-hybridized carbons (Fsp3) is 0.385. The molecule has 3 atom stereocenters. The number of cyclic esters (lactones) is 1. The minimum atomic E-state index is -0.544. The van der Waals surface area contributed by atoms with Crippen molar-refractivity contribution in [1.29, 1.82) is 0 Å². The minimum absolute atomic E-state index is 0.00448. The highest BCUT2D eigenvalue weighted by Crippen LogP contribution is 2.21. The number of hydrogen-bond acceptors (Lipinski definition) is 3. The molecule has 1 aliphatic heterocycles. The van der Waals surface area contributed by atoms with Crippen LogP contribution in [0.15, 0.2) is 30.3 Å². The lowest BCUT2D eigenvalue weighted by Crippen LogP contribution is -2.42. The van der Waals surface area contributed by atoms with E-state index in [1.54, 1.807) is 24.3 Å². The summed E-state index contributed by atoms with van der Waals surface area (Å²) in [6.45, 7) is 3.72. The molecular formula is C13H15NO3. The van der Waals surface area contributed by atoms with Gasteiger partial charge in [-0.05, 0) is 19.1 Å². The van der Waals surface area contributed by atoms with Crippen molar-refractivity contribution >= 4 is 11.9 Å². The molecule has 17 heavy (non-hydrogen) atoms. The van der Waals surface area contributed by atoms with Gasteiger partial charge in [0.25, 0.3) is 5.91 Å². The normalized spacial score (nSPS) is 27.6. The molecule has 4 nitrogen and oxygen atoms in total. The van der Waals surface area contributed by atoms with E-state index in [4.69, 9.17) is 4.74 Å². The van der Waals surface area contributed by atoms with Crippen molar-refractivity contribution in [1.82, 2.24) is 5.32 Å². The number of nitrogens with one attached hydrogen (secondary N) is 1. The van der Waals surface area contributed by atoms with E-state index in [0.717, 1.165) is 0 Å². The molecule has 0 aliphatic carbocycles. The summed E-state index contributed by atoms with van der Waals surface area (Å²) in [5, 5.41) is 2.71. The number of amides is 1. The second-order valence-corrected chi connectivity index (χ2v) is 4.32. The van der Waals surface area contributed by atoms with Crippen LogP contribution >= 0.6 is 0 Å². The lowest BCUT2D eigenvalue weighted by Gasteiger charge is -2.14. The molecule has 0 unspecified atom stereocenters. The Morgan fingerprint density at radius 3 is 2.41 bits per heavy atom. The Morgan fingerprint density at radius 2 is 1.88 bits per heavy atom. The molecule has 1 aromatic rings. The monoisotopic (exact) mass is 233 g/mol. The third-order valence-corrected chi connectivity index (χ3v) is 3.14. The first-order valence-corrected chi connectivity index (χ1v) is 5.66. The Morgan fingerprint density at radius 1 is 1.24 bits per heavy atom. The Labute approximate surface area is 100.0 Å². The van der Waals surface area contributed by atoms with Crippen LogP contribution in [-0.2, 0) is 9.53 Å². The summed E-state index contributed by atoms with van der Waals surface area (Å²) in [5.74, 6) is -0.599. The molecule has 90 valence electrons. The smallest absolute Gasteiger partial charge is 0.329 e. The van der Waals surface area contributed by atoms with E-state index in [1.807, 2.05) is 19.9 Å². The second-order valence-electron chi connectivity index (χ2n) is 4.32. The van der Waals surface area contributed by atoms with Crippen LogP contribution in [0.5, 0.6) is 0 Å². The summed E-state index contributed by atoms with van der Waals surface area (Å²) in [4.78, 5) is 23.4. The van der Waals surface area contributed by atoms with E-state index in [-0.39, 0.29) is 23.9 Å². The van der Waals surface area contributed by atoms with Gasteiger partial charge in [-0.15, -0.1) is 0 Å². The van der Waals surface area contributed by atoms with Gasteiger partial charge in [0.1, 0.15) is 12.1 Å². The first-order valence-electron chi connectivity index (χ1n) is 5.66. The van der Waals surface area contributed by atoms with E-state index >= 15 is 0 Å². The number of carbonyl (C=O) groups excluding carboxylic acids is 2. The maximum atomic E-state index is 11.9. The number of rotatable bonds is 2. The number of esters is 1. The van der Waals surface area contributed by atoms with Crippen LogP contribution in [0.3, 0.4) is 0 Å². The van der Waals surface area contributed by atoms with E-state index in [1.165, 1.54) is 0 Å². The molecule has 0 saturated carbocycles. The molecule has 1 fully saturated rings. The zero-order chi connectivity index (χ0) is 12.4. The molecule has 4 heteroatoms. The van der Waals surface area contributed by atoms with E-state index in [9.17, 15) is 9.59 Å². The van der Waals surface area contributed by atoms with Crippen molar-refractivity contribution in [3.8, 4) is 0 Å². The van der Waals surface area contributed by atoms with Crippen molar-refractivity contribution < 1.29 is 14.3 Å². The van der Waals surface area contributed by atoms with Gasteiger partial charge in [-0.2, -0.15) is 0 Å². The SMILES string of the molecule is C[C@H]1[C@H](C)OC(=O)[C@H]1NC(=O)c1ccccc1. The van der Waals surface area contributed by atoms with Gasteiger partial charge in [0, 0.05) is 11.5 Å². The Hall–Kier alpha value is -1.84. The predicted octanol–water partition coefficient (Wildman–Crippen LogP) is 1.37. The highest BCUT2D eigenvalue weighted by molar-refractivity contribution is 5.97. The van der Waals surface area contributed by atoms with Gasteiger partial charge in [0.15, 0.2) is 0 Å². The topological polar surface area (TPSA) is 55.4 Å². The molecule has 0 aromatic heterocycles. The van der Waals surface area contributed by atoms with Crippen molar-refractivity contribution in [3.05, 3.63) is 35.9 Å². The average molecular weight is 233 g/mol. The zero-order valence-electron chi connectivity index (χ0n) is 9.84. The van der Waals surface area contributed by atoms with Gasteiger partial charge in [0.05, 0.1) is 0 Å². The number of carbonyl (C=O) groups is 2. The molecule has 0 bridgehead atoms. The van der Waals surface area contributed by atoms with Crippen LogP contribution < -0.4 is 5.32 Å². The van der Waals surface area contributed by atoms with Gasteiger partial charge < -0.3 is 10.1 Å². The van der Waals surface area contributed by atoms with E-state index in [0.29, 0.717) is 5.56 Å². The maximum absolute atomic E-state index is 11.9. The van der Waals surface area contributed by atoms with Gasteiger partial charge in [-0.1, -0.05) is 25.1 Å². The summed E-state index contributed by atoms with van der Waals surface area (Å²) in [7, 11) is 0. The summed E-state index contributed by atoms with van der Waals surface area (Å²) in [5.41, 5.74) is 0.548. The summed E-state index contributed by atoms with van der Waals surface area (Å²) >= 11 is 0. The molecule has 2 rings (SSSR count). The first-order chi connectivity index (χ1) is 8.09. The molecule has 0 spiro atoms. The number of benzene rings is 1. The van der Waals surface area contributed by atoms with Crippen LogP contribution in [0.4, 0.5) is 0 Å². The van der Waals surface area contributed by atoms with E-state index < -0.39 is 6.04 Å². The fourth-order valence-electron chi connectivity index (χ4n) is 1.85. The van der Waals surface area contributed by atoms with Gasteiger partial charge in [-0.3, -0.25) is 4.79 Å². The van der Waals surface area contributed by atoms with Crippen molar-refractivity contribution in [2.24, 2.45) is 5.92 Å². The Kier molecular flexibility index (Phi) is 3.13. The fourth-order valence-corrected chi connectivity index (χ4v) is 1.85. The van der Waals surface area contributed by atoms with E-state index in [2.05, 4.69) is 5.32 Å². The van der Waals surface area contributed by atoms with Crippen LogP contribution in [0, 0.1) is 5.92 Å². The second kappa shape index (κ2) is 4.57. The molecule has 0 radical (unpaired) electrons. The lowest BCUT2D eigenvalue weighted by atomic mass is 10.00. The molecule has 1 aliphatic rings. The predicted molar refractivity (Wildman–Crippen MR) is 62.4 cm³/mol. The van der Waals surface area contributed by atoms with Crippen molar-refractivity contribution in [2.75, 3.05) is 0 Å². The van der Waals surface area contributed by atoms with Crippen LogP contribution in [0.1, 0.15) is 24.2 Å². The zero-order valence-corrected chi connectivity index (χ0v) is 9.84. The molecule has 1 aromatic carbocycles. The lowest BCUT2D eigenvalue weighted by molar-refractivity contribution is -0.142. The minimum Gasteiger partial charge on any atom is -0.461 e. The standard InChI is InChI=1S/C13H15NO3/c1-8-9(2)17-13(16)11(8)14-12(15)10-6-4-3-5-7-10/h3-9,11H,1-2H3,(H,14,15)/t8-,9-,11-/m0/s1. The molecule has 1 amide bonds.